The third kappa shape index (κ3) is 5.42. The van der Waals surface area contributed by atoms with Crippen molar-refractivity contribution in [2.24, 2.45) is 0 Å². The van der Waals surface area contributed by atoms with Crippen LogP contribution in [0.5, 0.6) is 0 Å². The normalized spacial score (nSPS) is 12.9. The first-order valence-electron chi connectivity index (χ1n) is 21.3. The SMILES string of the molecule is CC1(C)c2ccccc2-c2ccc(N(c3ccccc3)c3ccc(-c4ccccc4-n4c5ccccc5c5ccccc54)c(-c4cc5ccccc5c5ccccc45)c3)cc21. The van der Waals surface area contributed by atoms with Crippen molar-refractivity contribution in [3.8, 4) is 39.1 Å². The molecule has 1 aliphatic rings. The average molecular weight is 779 g/mol. The summed E-state index contributed by atoms with van der Waals surface area (Å²) >= 11 is 0. The van der Waals surface area contributed by atoms with Crippen LogP contribution in [0.1, 0.15) is 25.0 Å². The number of fused-ring (bicyclic) bond motifs is 9. The Labute approximate surface area is 356 Å². The molecule has 0 atom stereocenters. The standard InChI is InChI=1S/C59H42N2/c1-59(2)54-28-14-10-24-47(54)48-35-33-42(38-55(48)59)60(40-19-4-3-5-20-40)41-32-34-46(53(37-41)52-36-39-18-6-7-21-43(39)44-22-8-9-23-45(44)52)49-25-11-15-29-56(49)61-57-30-16-12-26-50(57)51-27-13-17-31-58(51)61/h3-38H,1-2H3. The maximum Gasteiger partial charge on any atom is 0.0541 e. The molecule has 0 unspecified atom stereocenters. The average Bonchev–Trinajstić information content (AvgIpc) is 3.77. The molecule has 1 heterocycles. The Bertz CT molecular complexity index is 3460. The van der Waals surface area contributed by atoms with Gasteiger partial charge in [-0.15, -0.1) is 0 Å². The number of rotatable bonds is 6. The monoisotopic (exact) mass is 778 g/mol. The van der Waals surface area contributed by atoms with Crippen LogP contribution in [0.25, 0.3) is 82.4 Å². The zero-order valence-corrected chi connectivity index (χ0v) is 34.2. The number of para-hydroxylation sites is 4. The van der Waals surface area contributed by atoms with Crippen molar-refractivity contribution in [3.05, 3.63) is 230 Å². The van der Waals surface area contributed by atoms with E-state index in [1.807, 2.05) is 0 Å². The Morgan fingerprint density at radius 3 is 1.62 bits per heavy atom. The van der Waals surface area contributed by atoms with Crippen LogP contribution in [-0.4, -0.2) is 4.57 Å². The largest absolute Gasteiger partial charge is 0.310 e. The summed E-state index contributed by atoms with van der Waals surface area (Å²) in [5, 5.41) is 7.48. The predicted molar refractivity (Wildman–Crippen MR) is 259 cm³/mol. The lowest BCUT2D eigenvalue weighted by Crippen LogP contribution is -2.16. The summed E-state index contributed by atoms with van der Waals surface area (Å²) in [6, 6.07) is 80.6. The van der Waals surface area contributed by atoms with Gasteiger partial charge in [0.25, 0.3) is 0 Å². The molecule has 0 saturated heterocycles. The Morgan fingerprint density at radius 2 is 0.869 bits per heavy atom. The highest BCUT2D eigenvalue weighted by atomic mass is 15.1. The summed E-state index contributed by atoms with van der Waals surface area (Å²) in [7, 11) is 0. The molecule has 10 aromatic carbocycles. The van der Waals surface area contributed by atoms with Gasteiger partial charge < -0.3 is 9.47 Å². The Kier molecular flexibility index (Phi) is 7.92. The van der Waals surface area contributed by atoms with Gasteiger partial charge >= 0.3 is 0 Å². The Balaban J connectivity index is 1.14. The molecule has 2 heteroatoms. The van der Waals surface area contributed by atoms with Crippen molar-refractivity contribution >= 4 is 60.4 Å². The second-order valence-electron chi connectivity index (χ2n) is 16.9. The number of hydrogen-bond acceptors (Lipinski definition) is 1. The molecule has 0 spiro atoms. The fourth-order valence-corrected chi connectivity index (χ4v) is 10.3. The van der Waals surface area contributed by atoms with E-state index in [2.05, 4.69) is 242 Å². The molecule has 0 N–H and O–H groups in total. The number of nitrogens with zero attached hydrogens (tertiary/aromatic N) is 2. The molecule has 1 aromatic heterocycles. The molecule has 0 amide bonds. The molecule has 288 valence electrons. The van der Waals surface area contributed by atoms with Gasteiger partial charge in [-0.25, -0.2) is 0 Å². The molecule has 2 nitrogen and oxygen atoms in total. The van der Waals surface area contributed by atoms with Crippen molar-refractivity contribution in [2.45, 2.75) is 19.3 Å². The van der Waals surface area contributed by atoms with Crippen molar-refractivity contribution in [1.29, 1.82) is 0 Å². The minimum atomic E-state index is -0.125. The molecule has 12 rings (SSSR count). The quantitative estimate of drug-likeness (QED) is 0.153. The minimum Gasteiger partial charge on any atom is -0.310 e. The zero-order chi connectivity index (χ0) is 40.7. The van der Waals surface area contributed by atoms with E-state index in [0.29, 0.717) is 0 Å². The summed E-state index contributed by atoms with van der Waals surface area (Å²) in [6.45, 7) is 4.72. The van der Waals surface area contributed by atoms with Crippen LogP contribution >= 0.6 is 0 Å². The van der Waals surface area contributed by atoms with Crippen LogP contribution in [0.15, 0.2) is 218 Å². The summed E-state index contributed by atoms with van der Waals surface area (Å²) in [4.78, 5) is 2.44. The van der Waals surface area contributed by atoms with E-state index < -0.39 is 0 Å². The number of aromatic nitrogens is 1. The third-order valence-corrected chi connectivity index (χ3v) is 13.2. The van der Waals surface area contributed by atoms with Gasteiger partial charge in [0.2, 0.25) is 0 Å². The fraction of sp³-hybridized carbons (Fsp3) is 0.0508. The number of hydrogen-bond donors (Lipinski definition) is 0. The first-order chi connectivity index (χ1) is 30.0. The molecule has 11 aromatic rings. The molecule has 61 heavy (non-hydrogen) atoms. The van der Waals surface area contributed by atoms with E-state index in [0.717, 1.165) is 22.7 Å². The topological polar surface area (TPSA) is 8.17 Å². The van der Waals surface area contributed by atoms with E-state index in [1.54, 1.807) is 0 Å². The first kappa shape index (κ1) is 35.3. The molecule has 0 radical (unpaired) electrons. The number of benzene rings is 10. The van der Waals surface area contributed by atoms with Gasteiger partial charge in [0.05, 0.1) is 16.7 Å². The molecule has 1 aliphatic carbocycles. The third-order valence-electron chi connectivity index (χ3n) is 13.2. The van der Waals surface area contributed by atoms with Gasteiger partial charge in [-0.3, -0.25) is 0 Å². The Hall–Kier alpha value is -7.68. The van der Waals surface area contributed by atoms with Gasteiger partial charge in [0.1, 0.15) is 0 Å². The molecule has 0 saturated carbocycles. The summed E-state index contributed by atoms with van der Waals surface area (Å²) in [5.41, 5.74) is 16.9. The van der Waals surface area contributed by atoms with Gasteiger partial charge in [-0.05, 0) is 121 Å². The van der Waals surface area contributed by atoms with Crippen LogP contribution in [0.4, 0.5) is 17.1 Å². The van der Waals surface area contributed by atoms with E-state index in [4.69, 9.17) is 0 Å². The highest BCUT2D eigenvalue weighted by Gasteiger charge is 2.36. The van der Waals surface area contributed by atoms with Crippen LogP contribution in [0.3, 0.4) is 0 Å². The van der Waals surface area contributed by atoms with E-state index in [1.165, 1.54) is 87.9 Å². The lowest BCUT2D eigenvalue weighted by Gasteiger charge is -2.29. The lowest BCUT2D eigenvalue weighted by atomic mass is 9.82. The second-order valence-corrected chi connectivity index (χ2v) is 16.9. The fourth-order valence-electron chi connectivity index (χ4n) is 10.3. The van der Waals surface area contributed by atoms with Gasteiger partial charge in [-0.1, -0.05) is 172 Å². The lowest BCUT2D eigenvalue weighted by molar-refractivity contribution is 0.660. The van der Waals surface area contributed by atoms with Gasteiger partial charge in [0, 0.05) is 38.8 Å². The maximum absolute atomic E-state index is 2.46. The highest BCUT2D eigenvalue weighted by molar-refractivity contribution is 6.16. The van der Waals surface area contributed by atoms with E-state index in [9.17, 15) is 0 Å². The zero-order valence-electron chi connectivity index (χ0n) is 34.2. The van der Waals surface area contributed by atoms with Crippen LogP contribution in [0.2, 0.25) is 0 Å². The maximum atomic E-state index is 2.46. The molecule has 0 bridgehead atoms. The molecule has 0 fully saturated rings. The second kappa shape index (κ2) is 13.7. The predicted octanol–water partition coefficient (Wildman–Crippen LogP) is 16.2. The number of anilines is 3. The molecular weight excluding hydrogens is 737 g/mol. The van der Waals surface area contributed by atoms with Crippen molar-refractivity contribution in [3.63, 3.8) is 0 Å². The first-order valence-corrected chi connectivity index (χ1v) is 21.3. The highest BCUT2D eigenvalue weighted by Crippen LogP contribution is 2.51. The van der Waals surface area contributed by atoms with Crippen LogP contribution in [-0.2, 0) is 5.41 Å². The summed E-state index contributed by atoms with van der Waals surface area (Å²) < 4.78 is 2.46. The molecule has 0 aliphatic heterocycles. The van der Waals surface area contributed by atoms with Crippen molar-refractivity contribution < 1.29 is 0 Å². The molecular formula is C59H42N2. The van der Waals surface area contributed by atoms with Gasteiger partial charge in [0.15, 0.2) is 0 Å². The van der Waals surface area contributed by atoms with Crippen LogP contribution in [0, 0.1) is 0 Å². The van der Waals surface area contributed by atoms with Crippen molar-refractivity contribution in [2.75, 3.05) is 4.90 Å². The summed E-state index contributed by atoms with van der Waals surface area (Å²) in [5.74, 6) is 0. The van der Waals surface area contributed by atoms with Crippen LogP contribution < -0.4 is 4.90 Å². The minimum absolute atomic E-state index is 0.125. The van der Waals surface area contributed by atoms with Gasteiger partial charge in [-0.2, -0.15) is 0 Å². The summed E-state index contributed by atoms with van der Waals surface area (Å²) in [6.07, 6.45) is 0. The Morgan fingerprint density at radius 1 is 0.328 bits per heavy atom. The van der Waals surface area contributed by atoms with E-state index >= 15 is 0 Å². The smallest absolute Gasteiger partial charge is 0.0541 e. The van der Waals surface area contributed by atoms with E-state index in [-0.39, 0.29) is 5.41 Å². The van der Waals surface area contributed by atoms with Crippen molar-refractivity contribution in [1.82, 2.24) is 4.57 Å².